The van der Waals surface area contributed by atoms with E-state index in [-0.39, 0.29) is 6.10 Å². The Kier molecular flexibility index (Phi) is 11.7. The molecule has 0 aliphatic heterocycles. The molecule has 0 bridgehead atoms. The molecule has 9 nitrogen and oxygen atoms in total. The maximum Gasteiger partial charge on any atom is 0.414 e. The van der Waals surface area contributed by atoms with E-state index < -0.39 is 11.9 Å². The molecule has 0 unspecified atom stereocenters. The first-order chi connectivity index (χ1) is 16.8. The Morgan fingerprint density at radius 3 is 2.34 bits per heavy atom. The van der Waals surface area contributed by atoms with Gasteiger partial charge in [0.1, 0.15) is 18.1 Å². The number of carboxylic acids is 2. The Morgan fingerprint density at radius 2 is 1.71 bits per heavy atom. The van der Waals surface area contributed by atoms with Gasteiger partial charge in [-0.15, -0.1) is 0 Å². The Hall–Kier alpha value is -3.46. The Morgan fingerprint density at radius 1 is 1.00 bits per heavy atom. The highest BCUT2D eigenvalue weighted by atomic mass is 16.5. The molecule has 1 aliphatic rings. The van der Waals surface area contributed by atoms with Crippen molar-refractivity contribution in [3.05, 3.63) is 48.0 Å². The first kappa shape index (κ1) is 27.8. The molecule has 0 saturated heterocycles. The number of aliphatic carboxylic acids is 2. The second-order valence-corrected chi connectivity index (χ2v) is 8.29. The molecule has 0 spiro atoms. The van der Waals surface area contributed by atoms with Crippen LogP contribution in [0.4, 0.5) is 0 Å². The molecule has 2 aromatic rings. The molecule has 1 saturated carbocycles. The average molecular weight is 490 g/mol. The topological polar surface area (TPSA) is 124 Å². The summed E-state index contributed by atoms with van der Waals surface area (Å²) < 4.78 is 23.1. The third kappa shape index (κ3) is 10.6. The summed E-state index contributed by atoms with van der Waals surface area (Å²) in [5.74, 6) is -0.489. The number of nitrogens with one attached hydrogen (secondary N) is 1. The summed E-state index contributed by atoms with van der Waals surface area (Å²) in [7, 11) is 1.65. The van der Waals surface area contributed by atoms with Gasteiger partial charge in [0, 0.05) is 19.2 Å². The van der Waals surface area contributed by atoms with Gasteiger partial charge in [0.15, 0.2) is 11.5 Å². The van der Waals surface area contributed by atoms with Crippen molar-refractivity contribution in [2.24, 2.45) is 0 Å². The number of methoxy groups -OCH3 is 1. The molecule has 35 heavy (non-hydrogen) atoms. The lowest BCUT2D eigenvalue weighted by Gasteiger charge is -2.16. The smallest absolute Gasteiger partial charge is 0.414 e. The number of carbonyl (C=O) groups is 2. The zero-order valence-corrected chi connectivity index (χ0v) is 20.5. The molecule has 3 N–H and O–H groups in total. The van der Waals surface area contributed by atoms with Crippen LogP contribution in [-0.2, 0) is 16.1 Å². The molecule has 1 aliphatic carbocycles. The molecule has 0 heterocycles. The van der Waals surface area contributed by atoms with E-state index in [1.165, 1.54) is 31.2 Å². The summed E-state index contributed by atoms with van der Waals surface area (Å²) in [4.78, 5) is 18.2. The minimum atomic E-state index is -1.82. The molecule has 192 valence electrons. The number of hydrogen-bond donors (Lipinski definition) is 3. The van der Waals surface area contributed by atoms with Gasteiger partial charge >= 0.3 is 11.9 Å². The molecule has 2 aromatic carbocycles. The van der Waals surface area contributed by atoms with Crippen LogP contribution < -0.4 is 24.3 Å². The Bertz CT molecular complexity index is 929. The highest BCUT2D eigenvalue weighted by Crippen LogP contribution is 2.32. The lowest BCUT2D eigenvalue weighted by Crippen LogP contribution is -2.21. The Labute approximate surface area is 206 Å². The number of benzene rings is 2. The summed E-state index contributed by atoms with van der Waals surface area (Å²) in [6.45, 7) is 6.05. The lowest BCUT2D eigenvalue weighted by atomic mass is 10.2. The third-order valence-electron chi connectivity index (χ3n) is 5.07. The first-order valence-electron chi connectivity index (χ1n) is 11.7. The van der Waals surface area contributed by atoms with Crippen LogP contribution in [0.15, 0.2) is 42.5 Å². The van der Waals surface area contributed by atoms with Crippen molar-refractivity contribution in [2.45, 2.75) is 58.3 Å². The van der Waals surface area contributed by atoms with Gasteiger partial charge in [0.05, 0.1) is 19.3 Å². The molecular weight excluding hydrogens is 454 g/mol. The van der Waals surface area contributed by atoms with Crippen LogP contribution in [0.2, 0.25) is 0 Å². The average Bonchev–Trinajstić information content (AvgIpc) is 3.33. The van der Waals surface area contributed by atoms with Crippen molar-refractivity contribution in [1.29, 1.82) is 0 Å². The molecule has 0 amide bonds. The summed E-state index contributed by atoms with van der Waals surface area (Å²) in [6.07, 6.45) is 5.38. The zero-order chi connectivity index (χ0) is 25.6. The standard InChI is InChI=1S/C24H33NO4.C2H2O4/c1-18(2)28-23-12-11-21(26-3)16-24(23)27-14-13-25-17-19-7-6-10-22(15-19)29-20-8-4-5-9-20;3-1(4)2(5)6/h6-7,10-12,15-16,18,20,25H,4-5,8-9,13-14,17H2,1-3H3;(H,3,4)(H,5,6). The molecule has 0 atom stereocenters. The largest absolute Gasteiger partial charge is 0.497 e. The summed E-state index contributed by atoms with van der Waals surface area (Å²) >= 11 is 0. The van der Waals surface area contributed by atoms with Crippen molar-refractivity contribution in [1.82, 2.24) is 5.32 Å². The number of hydrogen-bond acceptors (Lipinski definition) is 7. The van der Waals surface area contributed by atoms with E-state index in [1.807, 2.05) is 38.1 Å². The van der Waals surface area contributed by atoms with E-state index in [1.54, 1.807) is 7.11 Å². The van der Waals surface area contributed by atoms with Crippen LogP contribution in [0, 0.1) is 0 Å². The van der Waals surface area contributed by atoms with E-state index in [0.717, 1.165) is 30.3 Å². The fourth-order valence-electron chi connectivity index (χ4n) is 3.47. The van der Waals surface area contributed by atoms with E-state index in [0.29, 0.717) is 18.5 Å². The lowest BCUT2D eigenvalue weighted by molar-refractivity contribution is -0.159. The fraction of sp³-hybridized carbons (Fsp3) is 0.462. The second-order valence-electron chi connectivity index (χ2n) is 8.29. The third-order valence-corrected chi connectivity index (χ3v) is 5.07. The van der Waals surface area contributed by atoms with Crippen molar-refractivity contribution in [3.8, 4) is 23.0 Å². The van der Waals surface area contributed by atoms with Crippen LogP contribution in [-0.4, -0.2) is 54.6 Å². The molecule has 3 rings (SSSR count). The molecule has 0 aromatic heterocycles. The van der Waals surface area contributed by atoms with Crippen LogP contribution in [0.5, 0.6) is 23.0 Å². The maximum atomic E-state index is 9.10. The van der Waals surface area contributed by atoms with Crippen LogP contribution in [0.1, 0.15) is 45.1 Å². The quantitative estimate of drug-likeness (QED) is 0.316. The predicted octanol–water partition coefficient (Wildman–Crippen LogP) is 4.13. The maximum absolute atomic E-state index is 9.10. The Balaban J connectivity index is 0.000000641. The fourth-order valence-corrected chi connectivity index (χ4v) is 3.47. The monoisotopic (exact) mass is 489 g/mol. The van der Waals surface area contributed by atoms with E-state index in [4.69, 9.17) is 38.7 Å². The van der Waals surface area contributed by atoms with Gasteiger partial charge in [0.25, 0.3) is 0 Å². The summed E-state index contributed by atoms with van der Waals surface area (Å²) in [5, 5.41) is 18.2. The molecule has 0 radical (unpaired) electrons. The zero-order valence-electron chi connectivity index (χ0n) is 20.5. The van der Waals surface area contributed by atoms with Gasteiger partial charge < -0.3 is 34.5 Å². The first-order valence-corrected chi connectivity index (χ1v) is 11.7. The van der Waals surface area contributed by atoms with E-state index in [2.05, 4.69) is 23.5 Å². The normalized spacial score (nSPS) is 13.0. The van der Waals surface area contributed by atoms with Crippen LogP contribution in [0.3, 0.4) is 0 Å². The van der Waals surface area contributed by atoms with Gasteiger partial charge in [-0.05, 0) is 69.4 Å². The second kappa shape index (κ2) is 14.7. The number of rotatable bonds is 11. The van der Waals surface area contributed by atoms with E-state index >= 15 is 0 Å². The van der Waals surface area contributed by atoms with Crippen LogP contribution in [0.25, 0.3) is 0 Å². The van der Waals surface area contributed by atoms with Crippen molar-refractivity contribution in [2.75, 3.05) is 20.3 Å². The minimum absolute atomic E-state index is 0.0857. The number of carboxylic acid groups (broad SMARTS) is 2. The van der Waals surface area contributed by atoms with Crippen molar-refractivity contribution >= 4 is 11.9 Å². The summed E-state index contributed by atoms with van der Waals surface area (Å²) in [6, 6.07) is 14.0. The van der Waals surface area contributed by atoms with E-state index in [9.17, 15) is 0 Å². The van der Waals surface area contributed by atoms with Gasteiger partial charge in [-0.1, -0.05) is 12.1 Å². The van der Waals surface area contributed by atoms with Gasteiger partial charge in [-0.3, -0.25) is 0 Å². The molecule has 1 fully saturated rings. The predicted molar refractivity (Wildman–Crippen MR) is 131 cm³/mol. The van der Waals surface area contributed by atoms with Gasteiger partial charge in [-0.25, -0.2) is 9.59 Å². The van der Waals surface area contributed by atoms with Crippen LogP contribution >= 0.6 is 0 Å². The summed E-state index contributed by atoms with van der Waals surface area (Å²) in [5.41, 5.74) is 1.21. The van der Waals surface area contributed by atoms with Gasteiger partial charge in [-0.2, -0.15) is 0 Å². The molecule has 9 heteroatoms. The van der Waals surface area contributed by atoms with Gasteiger partial charge in [0.2, 0.25) is 0 Å². The minimum Gasteiger partial charge on any atom is -0.497 e. The highest BCUT2D eigenvalue weighted by molar-refractivity contribution is 6.27. The van der Waals surface area contributed by atoms with Crippen molar-refractivity contribution < 1.29 is 38.7 Å². The van der Waals surface area contributed by atoms with Crippen molar-refractivity contribution in [3.63, 3.8) is 0 Å². The highest BCUT2D eigenvalue weighted by Gasteiger charge is 2.16. The molecular formula is C26H35NO8. The number of ether oxygens (including phenoxy) is 4. The SMILES string of the molecule is COc1ccc(OC(C)C)c(OCCNCc2cccc(OC3CCCC3)c2)c1.O=C(O)C(=O)O.